The van der Waals surface area contributed by atoms with Gasteiger partial charge in [-0.05, 0) is 109 Å². The van der Waals surface area contributed by atoms with Gasteiger partial charge in [0, 0.05) is 82.7 Å². The van der Waals surface area contributed by atoms with Gasteiger partial charge < -0.3 is 49.7 Å². The number of benzene rings is 1. The van der Waals surface area contributed by atoms with Gasteiger partial charge in [-0.15, -0.1) is 11.8 Å². The summed E-state index contributed by atoms with van der Waals surface area (Å²) in [6, 6.07) is 1.95. The molecule has 5 amide bonds. The molecule has 4 aliphatic rings. The standard InChI is InChI=1S/C64H94ClN5O15S/c1-11-12-14-22-54(74)67-47(50(73)28-23-41(5)71)20-15-13-16-21-49(72)46-26-24-44(25-27-46)37-66-60(79)52(34-57(77)78)86-30-29-55(75)69(9)43(7)61(80)84-53-35-56(76)70(10)48-33-45(32-39(3)58(48)65)31-38(2)18-17-19-40(4)64(82)36-51(83-62(81)68-64)42(6)59-63(53,8)85-59/h17-19,32-33,40,42-44,46-47,51-53,59,82H,11-16,20-31,34-37H2,1-10H3,(H,66,79)(H,67,74)(H,68,81)(H,77,78)/b19-17+,38-18+/t40-,42+,43-,44?,46?,47?,51?,52?,53-,59-,63-,64-/m0/s1. The van der Waals surface area contributed by atoms with Crippen molar-refractivity contribution in [1.29, 1.82) is 0 Å². The van der Waals surface area contributed by atoms with Gasteiger partial charge in [0.2, 0.25) is 23.6 Å². The maximum Gasteiger partial charge on any atom is 0.409 e. The van der Waals surface area contributed by atoms with E-state index in [1.165, 1.54) is 30.7 Å². The first-order chi connectivity index (χ1) is 40.6. The number of halogens is 1. The van der Waals surface area contributed by atoms with Crippen LogP contribution in [-0.2, 0) is 63.8 Å². The quantitative estimate of drug-likeness (QED) is 0.0297. The molecule has 1 aromatic carbocycles. The fourth-order valence-electron chi connectivity index (χ4n) is 11.7. The molecule has 5 N–H and O–H groups in total. The molecule has 0 aromatic heterocycles. The number of hydrogen-bond acceptors (Lipinski definition) is 15. The molecule has 2 saturated heterocycles. The molecule has 86 heavy (non-hydrogen) atoms. The first-order valence-electron chi connectivity index (χ1n) is 30.8. The molecule has 5 rings (SSSR count). The van der Waals surface area contributed by atoms with Crippen molar-refractivity contribution in [1.82, 2.24) is 20.9 Å². The van der Waals surface area contributed by atoms with Gasteiger partial charge in [0.1, 0.15) is 41.1 Å². The smallest absolute Gasteiger partial charge is 0.409 e. The monoisotopic (exact) mass is 1240 g/mol. The van der Waals surface area contributed by atoms with Crippen molar-refractivity contribution in [3.63, 3.8) is 0 Å². The Hall–Kier alpha value is -5.64. The SMILES string of the molecule is CCCCCC(=O)NC(CCCCCC(=O)C1CCC(CNC(=O)C(CC(=O)O)SCCC(=O)N(C)[C@@H](C)C(=O)O[C@H]2CC(=O)N(C)c3cc(cc(C)c3Cl)C/C(C)=C/C=C/[C@H](C)[C@@]3(O)CC(OC(=O)N3)[C@@H](C)[C@@H]3O[C@@]23C)CC1)C(=O)CCC(C)=O. The minimum absolute atomic E-state index is 0.00433. The van der Waals surface area contributed by atoms with Crippen molar-refractivity contribution in [2.75, 3.05) is 31.3 Å². The number of Topliss-reactive ketones (excluding diaryl/α,β-unsaturated/α-hetero) is 3. The van der Waals surface area contributed by atoms with Crippen LogP contribution in [-0.4, -0.2) is 147 Å². The number of unbranched alkanes of at least 4 members (excludes halogenated alkanes) is 4. The average Bonchev–Trinajstić information content (AvgIpc) is 1.63. The number of carboxylic acid groups (broad SMARTS) is 1. The minimum Gasteiger partial charge on any atom is -0.481 e. The number of rotatable bonds is 28. The van der Waals surface area contributed by atoms with E-state index in [4.69, 9.17) is 25.8 Å². The number of carboxylic acids is 1. The lowest BCUT2D eigenvalue weighted by molar-refractivity contribution is -0.162. The van der Waals surface area contributed by atoms with E-state index < -0.39 is 101 Å². The van der Waals surface area contributed by atoms with Crippen molar-refractivity contribution in [2.24, 2.45) is 23.7 Å². The molecule has 3 heterocycles. The highest BCUT2D eigenvalue weighted by atomic mass is 35.5. The Bertz CT molecular complexity index is 2680. The third-order valence-corrected chi connectivity index (χ3v) is 19.4. The molecule has 0 radical (unpaired) electrons. The van der Waals surface area contributed by atoms with E-state index in [0.717, 1.165) is 47.7 Å². The fourth-order valence-corrected chi connectivity index (χ4v) is 13.0. The zero-order chi connectivity index (χ0) is 63.6. The van der Waals surface area contributed by atoms with E-state index in [0.29, 0.717) is 87.9 Å². The molecule has 3 fully saturated rings. The van der Waals surface area contributed by atoms with Crippen LogP contribution in [0.15, 0.2) is 35.9 Å². The van der Waals surface area contributed by atoms with E-state index >= 15 is 0 Å². The van der Waals surface area contributed by atoms with Crippen LogP contribution in [0, 0.1) is 30.6 Å². The van der Waals surface area contributed by atoms with Gasteiger partial charge in [0.15, 0.2) is 5.78 Å². The predicted octanol–water partition coefficient (Wildman–Crippen LogP) is 8.85. The number of aliphatic carboxylic acids is 1. The number of allylic oxidation sites excluding steroid dienone is 3. The molecule has 0 spiro atoms. The molecule has 478 valence electrons. The summed E-state index contributed by atoms with van der Waals surface area (Å²) in [7, 11) is 3.01. The Morgan fingerprint density at radius 3 is 2.34 bits per heavy atom. The van der Waals surface area contributed by atoms with Crippen LogP contribution >= 0.6 is 23.4 Å². The Morgan fingerprint density at radius 1 is 0.965 bits per heavy atom. The van der Waals surface area contributed by atoms with Crippen LogP contribution in [0.4, 0.5) is 10.5 Å². The normalized spacial score (nSPS) is 27.0. The minimum atomic E-state index is -1.67. The number of thioether (sulfide) groups is 1. The number of carbonyl (C=O) groups excluding carboxylic acids is 9. The molecule has 4 bridgehead atoms. The molecular weight excluding hydrogens is 1150 g/mol. The molecule has 20 nitrogen and oxygen atoms in total. The van der Waals surface area contributed by atoms with E-state index in [-0.39, 0.29) is 72.9 Å². The van der Waals surface area contributed by atoms with Crippen molar-refractivity contribution in [3.8, 4) is 0 Å². The predicted molar refractivity (Wildman–Crippen MR) is 328 cm³/mol. The second-order valence-corrected chi connectivity index (χ2v) is 26.3. The van der Waals surface area contributed by atoms with Crippen LogP contribution in [0.1, 0.15) is 182 Å². The topological polar surface area (TPSA) is 285 Å². The maximum atomic E-state index is 14.4. The van der Waals surface area contributed by atoms with Crippen molar-refractivity contribution < 1.29 is 72.4 Å². The lowest BCUT2D eigenvalue weighted by Crippen LogP contribution is -2.60. The summed E-state index contributed by atoms with van der Waals surface area (Å²) in [6.45, 7) is 14.3. The number of aryl methyl sites for hydroxylation is 1. The highest BCUT2D eigenvalue weighted by Gasteiger charge is 2.64. The van der Waals surface area contributed by atoms with Gasteiger partial charge >= 0.3 is 18.0 Å². The number of anilines is 1. The highest BCUT2D eigenvalue weighted by Crippen LogP contribution is 2.49. The molecule has 10 atom stereocenters. The first kappa shape index (κ1) is 71.1. The van der Waals surface area contributed by atoms with E-state index in [1.54, 1.807) is 33.9 Å². The lowest BCUT2D eigenvalue weighted by Gasteiger charge is -2.41. The second kappa shape index (κ2) is 33.1. The molecule has 1 aliphatic carbocycles. The molecule has 22 heteroatoms. The van der Waals surface area contributed by atoms with Gasteiger partial charge in [-0.25, -0.2) is 9.59 Å². The zero-order valence-corrected chi connectivity index (χ0v) is 53.7. The highest BCUT2D eigenvalue weighted by molar-refractivity contribution is 8.00. The van der Waals surface area contributed by atoms with E-state index in [1.807, 2.05) is 45.1 Å². The largest absolute Gasteiger partial charge is 0.481 e. The summed E-state index contributed by atoms with van der Waals surface area (Å²) >= 11 is 7.86. The fraction of sp³-hybridized carbons (Fsp3) is 0.688. The Morgan fingerprint density at radius 2 is 1.66 bits per heavy atom. The number of alkyl carbamates (subject to hydrolysis) is 1. The van der Waals surface area contributed by atoms with Crippen LogP contribution in [0.2, 0.25) is 5.02 Å². The van der Waals surface area contributed by atoms with Gasteiger partial charge in [-0.2, -0.15) is 0 Å². The van der Waals surface area contributed by atoms with Crippen LogP contribution in [0.3, 0.4) is 0 Å². The van der Waals surface area contributed by atoms with Crippen molar-refractivity contribution >= 4 is 88.1 Å². The molecule has 3 aliphatic heterocycles. The van der Waals surface area contributed by atoms with Gasteiger partial charge in [-0.1, -0.05) is 87.9 Å². The van der Waals surface area contributed by atoms with Crippen molar-refractivity contribution in [3.05, 3.63) is 52.1 Å². The molecule has 1 aromatic rings. The Kier molecular flexibility index (Phi) is 27.4. The Labute approximate surface area is 516 Å². The van der Waals surface area contributed by atoms with Crippen molar-refractivity contribution in [2.45, 2.75) is 231 Å². The number of ether oxygens (including phenoxy) is 3. The number of nitrogens with zero attached hydrogens (tertiary/aromatic N) is 2. The summed E-state index contributed by atoms with van der Waals surface area (Å²) in [4.78, 5) is 133. The van der Waals surface area contributed by atoms with E-state index in [2.05, 4.69) is 16.0 Å². The number of ketones is 3. The lowest BCUT2D eigenvalue weighted by atomic mass is 9.79. The summed E-state index contributed by atoms with van der Waals surface area (Å²) < 4.78 is 18.2. The molecule has 1 saturated carbocycles. The average molecular weight is 1240 g/mol. The van der Waals surface area contributed by atoms with Gasteiger partial charge in [0.05, 0.1) is 40.9 Å². The number of hydrogen-bond donors (Lipinski definition) is 5. The first-order valence-corrected chi connectivity index (χ1v) is 32.2. The second-order valence-electron chi connectivity index (χ2n) is 24.6. The van der Waals surface area contributed by atoms with Gasteiger partial charge in [0.25, 0.3) is 0 Å². The summed E-state index contributed by atoms with van der Waals surface area (Å²) in [5.41, 5.74) is 0.0897. The number of likely N-dealkylation sites (N-methyl/N-ethyl adjacent to an activating group) is 1. The summed E-state index contributed by atoms with van der Waals surface area (Å²) in [6.07, 6.45) is 10.3. The van der Waals surface area contributed by atoms with Crippen LogP contribution in [0.25, 0.3) is 0 Å². The summed E-state index contributed by atoms with van der Waals surface area (Å²) in [5.74, 6) is -4.73. The number of esters is 1. The zero-order valence-electron chi connectivity index (χ0n) is 52.1. The maximum absolute atomic E-state index is 14.4. The number of fused-ring (bicyclic) bond motifs is 5. The van der Waals surface area contributed by atoms with E-state index in [9.17, 15) is 58.2 Å². The third kappa shape index (κ3) is 20.7. The van der Waals surface area contributed by atoms with Gasteiger partial charge in [-0.3, -0.25) is 38.9 Å². The number of carbonyl (C=O) groups is 10. The number of nitrogens with one attached hydrogen (secondary N) is 3. The number of aliphatic hydroxyl groups is 1. The molecular formula is C64H94ClN5O15S. The van der Waals surface area contributed by atoms with Crippen LogP contribution < -0.4 is 20.9 Å². The summed E-state index contributed by atoms with van der Waals surface area (Å²) in [5, 5.41) is 29.3. The number of epoxide rings is 1. The number of amides is 5. The molecule has 3 unspecified atom stereocenters. The third-order valence-electron chi connectivity index (χ3n) is 17.7. The Balaban J connectivity index is 1.13. The van der Waals surface area contributed by atoms with Crippen LogP contribution in [0.5, 0.6) is 0 Å².